The second-order valence-corrected chi connectivity index (χ2v) is 5.85. The average molecular weight is 291 g/mol. The van der Waals surface area contributed by atoms with Gasteiger partial charge in [-0.2, -0.15) is 0 Å². The smallest absolute Gasteiger partial charge is 0.124 e. The second-order valence-electron chi connectivity index (χ2n) is 5.85. The number of nitrogens with one attached hydrogen (secondary N) is 1. The lowest BCUT2D eigenvalue weighted by atomic mass is 10.1. The molecule has 118 valence electrons. The third kappa shape index (κ3) is 5.33. The van der Waals surface area contributed by atoms with E-state index in [0.29, 0.717) is 12.7 Å². The lowest BCUT2D eigenvalue weighted by molar-refractivity contribution is 0.0300. The van der Waals surface area contributed by atoms with Gasteiger partial charge in [0.05, 0.1) is 19.8 Å². The van der Waals surface area contributed by atoms with Crippen LogP contribution in [0.4, 0.5) is 0 Å². The summed E-state index contributed by atoms with van der Waals surface area (Å²) in [5.74, 6) is 0.934. The van der Waals surface area contributed by atoms with Gasteiger partial charge in [0.1, 0.15) is 5.75 Å². The molecule has 1 aliphatic carbocycles. The molecule has 2 rings (SSSR count). The summed E-state index contributed by atoms with van der Waals surface area (Å²) in [5.41, 5.74) is 2.45. The number of benzene rings is 1. The van der Waals surface area contributed by atoms with E-state index in [2.05, 4.69) is 30.4 Å². The van der Waals surface area contributed by atoms with Gasteiger partial charge in [-0.1, -0.05) is 38.7 Å². The highest BCUT2D eigenvalue weighted by molar-refractivity contribution is 5.36. The summed E-state index contributed by atoms with van der Waals surface area (Å²) in [5, 5.41) is 3.36. The Kier molecular flexibility index (Phi) is 7.04. The Morgan fingerprint density at radius 1 is 1.14 bits per heavy atom. The molecule has 0 saturated heterocycles. The van der Waals surface area contributed by atoms with Crippen LogP contribution in [0.2, 0.25) is 0 Å². The SMILES string of the molecule is CCNCc1ccc(OC)c(COC2CCCCCC2)c1. The quantitative estimate of drug-likeness (QED) is 0.769. The molecule has 0 atom stereocenters. The van der Waals surface area contributed by atoms with Crippen molar-refractivity contribution in [2.45, 2.75) is 64.7 Å². The summed E-state index contributed by atoms with van der Waals surface area (Å²) < 4.78 is 11.6. The molecule has 21 heavy (non-hydrogen) atoms. The standard InChI is InChI=1S/C18H29NO2/c1-3-19-13-15-10-11-18(20-2)16(12-15)14-21-17-8-6-4-5-7-9-17/h10-12,17,19H,3-9,13-14H2,1-2H3. The predicted octanol–water partition coefficient (Wildman–Crippen LogP) is 4.04. The van der Waals surface area contributed by atoms with E-state index in [-0.39, 0.29) is 0 Å². The van der Waals surface area contributed by atoms with Gasteiger partial charge in [-0.05, 0) is 37.1 Å². The summed E-state index contributed by atoms with van der Waals surface area (Å²) in [6.07, 6.45) is 8.18. The van der Waals surface area contributed by atoms with Crippen molar-refractivity contribution < 1.29 is 9.47 Å². The van der Waals surface area contributed by atoms with Crippen LogP contribution >= 0.6 is 0 Å². The Morgan fingerprint density at radius 2 is 1.90 bits per heavy atom. The summed E-state index contributed by atoms with van der Waals surface area (Å²) in [6, 6.07) is 6.38. The molecular weight excluding hydrogens is 262 g/mol. The predicted molar refractivity (Wildman–Crippen MR) is 86.7 cm³/mol. The van der Waals surface area contributed by atoms with Crippen LogP contribution < -0.4 is 10.1 Å². The highest BCUT2D eigenvalue weighted by Crippen LogP contribution is 2.25. The molecule has 1 N–H and O–H groups in total. The first-order chi connectivity index (χ1) is 10.3. The van der Waals surface area contributed by atoms with Crippen molar-refractivity contribution in [3.05, 3.63) is 29.3 Å². The Morgan fingerprint density at radius 3 is 2.57 bits per heavy atom. The maximum atomic E-state index is 6.15. The van der Waals surface area contributed by atoms with E-state index in [0.717, 1.165) is 24.4 Å². The highest BCUT2D eigenvalue weighted by atomic mass is 16.5. The first-order valence-electron chi connectivity index (χ1n) is 8.31. The highest BCUT2D eigenvalue weighted by Gasteiger charge is 2.14. The van der Waals surface area contributed by atoms with E-state index in [4.69, 9.17) is 9.47 Å². The zero-order valence-electron chi connectivity index (χ0n) is 13.5. The summed E-state index contributed by atoms with van der Waals surface area (Å²) >= 11 is 0. The molecule has 0 aromatic heterocycles. The molecule has 0 unspecified atom stereocenters. The minimum atomic E-state index is 0.426. The van der Waals surface area contributed by atoms with Gasteiger partial charge in [0.15, 0.2) is 0 Å². The van der Waals surface area contributed by atoms with Gasteiger partial charge in [0.25, 0.3) is 0 Å². The average Bonchev–Trinajstić information content (AvgIpc) is 2.79. The molecule has 3 nitrogen and oxygen atoms in total. The number of hydrogen-bond donors (Lipinski definition) is 1. The molecule has 0 bridgehead atoms. The molecule has 0 radical (unpaired) electrons. The van der Waals surface area contributed by atoms with Gasteiger partial charge in [0, 0.05) is 12.1 Å². The molecule has 0 heterocycles. The van der Waals surface area contributed by atoms with E-state index >= 15 is 0 Å². The van der Waals surface area contributed by atoms with Gasteiger partial charge in [-0.15, -0.1) is 0 Å². The van der Waals surface area contributed by atoms with Gasteiger partial charge >= 0.3 is 0 Å². The second kappa shape index (κ2) is 9.06. The maximum absolute atomic E-state index is 6.15. The molecule has 1 fully saturated rings. The Bertz CT molecular complexity index is 412. The maximum Gasteiger partial charge on any atom is 0.124 e. The molecule has 0 aliphatic heterocycles. The largest absolute Gasteiger partial charge is 0.496 e. The van der Waals surface area contributed by atoms with Crippen LogP contribution in [-0.2, 0) is 17.9 Å². The zero-order chi connectivity index (χ0) is 14.9. The first-order valence-corrected chi connectivity index (χ1v) is 8.31. The van der Waals surface area contributed by atoms with Crippen LogP contribution in [0.5, 0.6) is 5.75 Å². The van der Waals surface area contributed by atoms with Crippen molar-refractivity contribution >= 4 is 0 Å². The van der Waals surface area contributed by atoms with E-state index in [1.54, 1.807) is 7.11 Å². The topological polar surface area (TPSA) is 30.5 Å². The Balaban J connectivity index is 1.95. The van der Waals surface area contributed by atoms with Crippen LogP contribution in [-0.4, -0.2) is 19.8 Å². The number of methoxy groups -OCH3 is 1. The molecule has 1 aromatic carbocycles. The minimum Gasteiger partial charge on any atom is -0.496 e. The van der Waals surface area contributed by atoms with Crippen LogP contribution in [0.15, 0.2) is 18.2 Å². The van der Waals surface area contributed by atoms with Crippen molar-refractivity contribution in [2.24, 2.45) is 0 Å². The van der Waals surface area contributed by atoms with Crippen LogP contribution in [0.25, 0.3) is 0 Å². The molecule has 1 saturated carbocycles. The van der Waals surface area contributed by atoms with E-state index < -0.39 is 0 Å². The Hall–Kier alpha value is -1.06. The molecule has 3 heteroatoms. The number of ether oxygens (including phenoxy) is 2. The fourth-order valence-electron chi connectivity index (χ4n) is 2.94. The molecule has 1 aliphatic rings. The van der Waals surface area contributed by atoms with E-state index in [1.807, 2.05) is 0 Å². The third-order valence-electron chi connectivity index (χ3n) is 4.20. The first kappa shape index (κ1) is 16.3. The summed E-state index contributed by atoms with van der Waals surface area (Å²) in [4.78, 5) is 0. The lowest BCUT2D eigenvalue weighted by Crippen LogP contribution is -2.13. The zero-order valence-corrected chi connectivity index (χ0v) is 13.5. The van der Waals surface area contributed by atoms with Crippen molar-refractivity contribution in [3.63, 3.8) is 0 Å². The fourth-order valence-corrected chi connectivity index (χ4v) is 2.94. The van der Waals surface area contributed by atoms with Crippen LogP contribution in [0.1, 0.15) is 56.6 Å². The third-order valence-corrected chi connectivity index (χ3v) is 4.20. The van der Waals surface area contributed by atoms with Gasteiger partial charge in [-0.3, -0.25) is 0 Å². The molecule has 1 aromatic rings. The van der Waals surface area contributed by atoms with Crippen LogP contribution in [0.3, 0.4) is 0 Å². The normalized spacial score (nSPS) is 16.7. The fraction of sp³-hybridized carbons (Fsp3) is 0.667. The molecular formula is C18H29NO2. The lowest BCUT2D eigenvalue weighted by Gasteiger charge is -2.17. The van der Waals surface area contributed by atoms with Crippen molar-refractivity contribution in [3.8, 4) is 5.75 Å². The summed E-state index contributed by atoms with van der Waals surface area (Å²) in [6.45, 7) is 4.67. The number of hydrogen-bond acceptors (Lipinski definition) is 3. The molecule has 0 spiro atoms. The minimum absolute atomic E-state index is 0.426. The van der Waals surface area contributed by atoms with Gasteiger partial charge in [-0.25, -0.2) is 0 Å². The van der Waals surface area contributed by atoms with E-state index in [1.165, 1.54) is 44.1 Å². The van der Waals surface area contributed by atoms with Crippen molar-refractivity contribution in [1.82, 2.24) is 5.32 Å². The van der Waals surface area contributed by atoms with Crippen LogP contribution in [0, 0.1) is 0 Å². The molecule has 0 amide bonds. The number of rotatable bonds is 7. The summed E-state index contributed by atoms with van der Waals surface area (Å²) in [7, 11) is 1.73. The van der Waals surface area contributed by atoms with Crippen molar-refractivity contribution in [1.29, 1.82) is 0 Å². The monoisotopic (exact) mass is 291 g/mol. The van der Waals surface area contributed by atoms with Gasteiger partial charge < -0.3 is 14.8 Å². The van der Waals surface area contributed by atoms with Crippen molar-refractivity contribution in [2.75, 3.05) is 13.7 Å². The van der Waals surface area contributed by atoms with Gasteiger partial charge in [0.2, 0.25) is 0 Å². The van der Waals surface area contributed by atoms with E-state index in [9.17, 15) is 0 Å². The Labute approximate surface area is 129 Å².